The van der Waals surface area contributed by atoms with E-state index in [9.17, 15) is 45.5 Å². The second-order valence-electron chi connectivity index (χ2n) is 9.42. The molecule has 0 heterocycles. The third-order valence-electron chi connectivity index (χ3n) is 3.03. The summed E-state index contributed by atoms with van der Waals surface area (Å²) in [5, 5.41) is 33.3. The van der Waals surface area contributed by atoms with E-state index in [2.05, 4.69) is 0 Å². The zero-order valence-corrected chi connectivity index (χ0v) is 23.7. The third kappa shape index (κ3) is 39.2. The summed E-state index contributed by atoms with van der Waals surface area (Å²) in [4.78, 5) is 41.4. The Labute approximate surface area is 227 Å². The monoisotopic (exact) mass is 592 g/mol. The van der Waals surface area contributed by atoms with Gasteiger partial charge in [0.15, 0.2) is 11.6 Å². The number of carbonyl (C=O) groups excluding carboxylic acids is 2. The molecule has 0 bridgehead atoms. The van der Waals surface area contributed by atoms with Crippen molar-refractivity contribution in [3.05, 3.63) is 0 Å². The van der Waals surface area contributed by atoms with Gasteiger partial charge in [0.1, 0.15) is 24.7 Å². The van der Waals surface area contributed by atoms with Gasteiger partial charge < -0.3 is 20.4 Å². The van der Waals surface area contributed by atoms with Gasteiger partial charge in [-0.25, -0.2) is 0 Å². The summed E-state index contributed by atoms with van der Waals surface area (Å²) < 4.78 is 72.0. The fourth-order valence-electron chi connectivity index (χ4n) is 1.83. The number of ketones is 2. The Kier molecular flexibility index (Phi) is 24.0. The summed E-state index contributed by atoms with van der Waals surface area (Å²) >= 11 is 0. The molecule has 2 atom stereocenters. The molecule has 0 aliphatic heterocycles. The molecule has 0 saturated carbocycles. The minimum Gasteiger partial charge on any atom is -0.481 e. The second kappa shape index (κ2) is 19.5. The molecule has 220 valence electrons. The quantitative estimate of drug-likeness (QED) is 0.179. The molecule has 0 rings (SSSR count). The average Bonchev–Trinajstić information content (AvgIpc) is 2.48. The summed E-state index contributed by atoms with van der Waals surface area (Å²) in [6.07, 6.45) is -12.3. The van der Waals surface area contributed by atoms with Gasteiger partial charge in [0.2, 0.25) is 0 Å². The maximum Gasteiger partial charge on any atom is 0.398 e. The van der Waals surface area contributed by atoms with E-state index in [4.69, 9.17) is 20.4 Å². The van der Waals surface area contributed by atoms with Crippen molar-refractivity contribution in [2.24, 2.45) is 11.8 Å². The molecule has 4 N–H and O–H groups in total. The average molecular weight is 592 g/mol. The van der Waals surface area contributed by atoms with Gasteiger partial charge in [-0.1, -0.05) is 13.8 Å². The van der Waals surface area contributed by atoms with Crippen molar-refractivity contribution in [2.75, 3.05) is 0 Å². The molecule has 8 nitrogen and oxygen atoms in total. The Morgan fingerprint density at radius 3 is 0.838 bits per heavy atom. The first-order valence-electron chi connectivity index (χ1n) is 10.6. The predicted molar refractivity (Wildman–Crippen MR) is 118 cm³/mol. The summed E-state index contributed by atoms with van der Waals surface area (Å²) in [6.45, 7) is 12.8. The summed E-state index contributed by atoms with van der Waals surface area (Å²) in [6, 6.07) is 0. The zero-order valence-electron chi connectivity index (χ0n) is 22.2. The van der Waals surface area contributed by atoms with Crippen LogP contribution in [-0.2, 0) is 40.9 Å². The van der Waals surface area contributed by atoms with Crippen LogP contribution < -0.4 is 0 Å². The number of halogens is 6. The normalized spacial score (nSPS) is 13.0. The van der Waals surface area contributed by atoms with Crippen molar-refractivity contribution < 1.29 is 87.7 Å². The van der Waals surface area contributed by atoms with Gasteiger partial charge in [-0.2, -0.15) is 26.3 Å². The second-order valence-corrected chi connectivity index (χ2v) is 9.42. The van der Waals surface area contributed by atoms with Gasteiger partial charge in [-0.3, -0.25) is 19.2 Å². The van der Waals surface area contributed by atoms with Crippen molar-refractivity contribution in [2.45, 2.75) is 105 Å². The van der Waals surface area contributed by atoms with E-state index in [0.29, 0.717) is 0 Å². The maximum absolute atomic E-state index is 12.0. The molecule has 0 aliphatic carbocycles. The van der Waals surface area contributed by atoms with Crippen LogP contribution in [0.1, 0.15) is 81.1 Å². The number of hydrogen-bond acceptors (Lipinski definition) is 6. The van der Waals surface area contributed by atoms with E-state index < -0.39 is 84.6 Å². The summed E-state index contributed by atoms with van der Waals surface area (Å²) in [5.74, 6) is -9.95. The summed E-state index contributed by atoms with van der Waals surface area (Å²) in [5.41, 5.74) is -1.00. The number of rotatable bonds is 8. The number of carboxylic acids is 2. The van der Waals surface area contributed by atoms with Crippen LogP contribution >= 0.6 is 0 Å². The number of hydrogen-bond donors (Lipinski definition) is 4. The molecule has 2 unspecified atom stereocenters. The van der Waals surface area contributed by atoms with Crippen molar-refractivity contribution >= 4 is 23.5 Å². The molecular formula is C22H38F6O8Ti. The first kappa shape index (κ1) is 45.4. The molecule has 37 heavy (non-hydrogen) atoms. The number of carbonyl (C=O) groups is 4. The van der Waals surface area contributed by atoms with Gasteiger partial charge in [0.05, 0.1) is 11.2 Å². The van der Waals surface area contributed by atoms with E-state index in [1.54, 1.807) is 41.5 Å². The molecular weight excluding hydrogens is 554 g/mol. The van der Waals surface area contributed by atoms with Crippen LogP contribution in [0.3, 0.4) is 0 Å². The van der Waals surface area contributed by atoms with E-state index in [1.165, 1.54) is 13.8 Å². The SMILES string of the molecule is CC(C)(C)O.CC(C)(C)O.CCC(C(=O)CC(=O)O)C(F)(F)F.CCC(C(=O)CC(=O)O)C(F)(F)F.[Ti]. The Hall–Kier alpha value is -1.51. The van der Waals surface area contributed by atoms with Gasteiger partial charge >= 0.3 is 24.3 Å². The van der Waals surface area contributed by atoms with Crippen molar-refractivity contribution in [3.8, 4) is 0 Å². The van der Waals surface area contributed by atoms with Crippen molar-refractivity contribution in [1.82, 2.24) is 0 Å². The number of Topliss-reactive ketones (excluding diaryl/α,β-unsaturated/α-hetero) is 2. The van der Waals surface area contributed by atoms with Crippen LogP contribution in [0.15, 0.2) is 0 Å². The van der Waals surface area contributed by atoms with Gasteiger partial charge in [-0.15, -0.1) is 0 Å². The van der Waals surface area contributed by atoms with E-state index in [1.807, 2.05) is 0 Å². The Bertz CT molecular complexity index is 611. The number of carboxylic acid groups (broad SMARTS) is 2. The Balaban J connectivity index is -0.000000133. The standard InChI is InChI=1S/2C7H9F3O3.2C4H10O.Ti/c2*1-2-4(7(8,9)10)5(11)3-6(12)13;2*1-4(2,3)5;/h2*4H,2-3H2,1H3,(H,12,13);2*5H,1-3H3;. The van der Waals surface area contributed by atoms with Crippen LogP contribution in [0.2, 0.25) is 0 Å². The van der Waals surface area contributed by atoms with E-state index in [-0.39, 0.29) is 21.7 Å². The molecule has 0 saturated heterocycles. The van der Waals surface area contributed by atoms with E-state index in [0.717, 1.165) is 0 Å². The van der Waals surface area contributed by atoms with Crippen LogP contribution in [0.25, 0.3) is 0 Å². The van der Waals surface area contributed by atoms with Gasteiger partial charge in [-0.05, 0) is 54.4 Å². The topological polar surface area (TPSA) is 149 Å². The molecule has 0 fully saturated rings. The molecule has 0 aromatic heterocycles. The van der Waals surface area contributed by atoms with Gasteiger partial charge in [0.25, 0.3) is 0 Å². The Morgan fingerprint density at radius 2 is 0.757 bits per heavy atom. The predicted octanol–water partition coefficient (Wildman–Crippen LogP) is 4.79. The molecule has 0 aliphatic rings. The number of aliphatic carboxylic acids is 2. The van der Waals surface area contributed by atoms with Crippen LogP contribution in [0.4, 0.5) is 26.3 Å². The first-order chi connectivity index (χ1) is 15.6. The molecule has 15 heteroatoms. The largest absolute Gasteiger partial charge is 0.481 e. The van der Waals surface area contributed by atoms with Gasteiger partial charge in [0, 0.05) is 21.7 Å². The molecule has 0 aromatic rings. The third-order valence-corrected chi connectivity index (χ3v) is 3.03. The van der Waals surface area contributed by atoms with Crippen LogP contribution in [-0.4, -0.2) is 67.5 Å². The fourth-order valence-corrected chi connectivity index (χ4v) is 1.83. The minimum atomic E-state index is -4.64. The molecule has 0 spiro atoms. The maximum atomic E-state index is 12.0. The molecule has 0 radical (unpaired) electrons. The fraction of sp³-hybridized carbons (Fsp3) is 0.818. The van der Waals surface area contributed by atoms with E-state index >= 15 is 0 Å². The first-order valence-corrected chi connectivity index (χ1v) is 10.6. The van der Waals surface area contributed by atoms with Crippen LogP contribution in [0, 0.1) is 11.8 Å². The molecule has 0 aromatic carbocycles. The molecule has 0 amide bonds. The minimum absolute atomic E-state index is 0. The zero-order chi connectivity index (χ0) is 30.3. The van der Waals surface area contributed by atoms with Crippen LogP contribution in [0.5, 0.6) is 0 Å². The van der Waals surface area contributed by atoms with Crippen molar-refractivity contribution in [3.63, 3.8) is 0 Å². The number of aliphatic hydroxyl groups is 2. The summed E-state index contributed by atoms with van der Waals surface area (Å²) in [7, 11) is 0. The number of alkyl halides is 6. The smallest absolute Gasteiger partial charge is 0.398 e. The van der Waals surface area contributed by atoms with Crippen molar-refractivity contribution in [1.29, 1.82) is 0 Å². The Morgan fingerprint density at radius 1 is 0.595 bits per heavy atom.